The van der Waals surface area contributed by atoms with Crippen LogP contribution in [0.5, 0.6) is 0 Å². The minimum Gasteiger partial charge on any atom is -0.399 e. The molecule has 1 amide bonds. The molecule has 2 aromatic heterocycles. The van der Waals surface area contributed by atoms with Gasteiger partial charge in [0.2, 0.25) is 0 Å². The fraction of sp³-hybridized carbons (Fsp3) is 0.188. The Morgan fingerprint density at radius 3 is 2.79 bits per heavy atom. The lowest BCUT2D eigenvalue weighted by atomic mass is 10.1. The normalized spacial score (nSPS) is 10.9. The van der Waals surface area contributed by atoms with Crippen LogP contribution < -0.4 is 16.8 Å². The summed E-state index contributed by atoms with van der Waals surface area (Å²) in [5, 5.41) is 4.11. The number of amides is 1. The monoisotopic (exact) mass is 359 g/mol. The van der Waals surface area contributed by atoms with E-state index < -0.39 is 0 Å². The number of aromatic nitrogens is 2. The number of carbonyl (C=O) groups excluding carboxylic acids is 1. The first-order valence-corrected chi connectivity index (χ1v) is 9.37. The molecule has 0 atom stereocenters. The maximum Gasteiger partial charge on any atom is 0.263 e. The largest absolute Gasteiger partial charge is 0.399 e. The molecular weight excluding hydrogens is 342 g/mol. The van der Waals surface area contributed by atoms with Crippen molar-refractivity contribution in [3.8, 4) is 11.3 Å². The number of anilines is 2. The minimum absolute atomic E-state index is 0.192. The fourth-order valence-corrected chi connectivity index (χ4v) is 3.83. The first-order valence-electron chi connectivity index (χ1n) is 7.33. The van der Waals surface area contributed by atoms with Crippen molar-refractivity contribution < 1.29 is 4.79 Å². The van der Waals surface area contributed by atoms with Gasteiger partial charge in [-0.05, 0) is 25.3 Å². The predicted molar refractivity (Wildman–Crippen MR) is 101 cm³/mol. The van der Waals surface area contributed by atoms with Gasteiger partial charge in [-0.2, -0.15) is 0 Å². The summed E-state index contributed by atoms with van der Waals surface area (Å²) in [5.41, 5.74) is 14.8. The van der Waals surface area contributed by atoms with Crippen molar-refractivity contribution >= 4 is 50.6 Å². The summed E-state index contributed by atoms with van der Waals surface area (Å²) < 4.78 is 0. The summed E-state index contributed by atoms with van der Waals surface area (Å²) in [6.07, 6.45) is 1.91. The van der Waals surface area contributed by atoms with Gasteiger partial charge in [0, 0.05) is 17.8 Å². The van der Waals surface area contributed by atoms with Crippen LogP contribution in [0.15, 0.2) is 29.4 Å². The van der Waals surface area contributed by atoms with Crippen molar-refractivity contribution in [3.05, 3.63) is 29.1 Å². The van der Waals surface area contributed by atoms with Gasteiger partial charge in [0.15, 0.2) is 5.16 Å². The Morgan fingerprint density at radius 1 is 1.33 bits per heavy atom. The number of hydrogen-bond acceptors (Lipinski definition) is 7. The third-order valence-corrected chi connectivity index (χ3v) is 5.10. The smallest absolute Gasteiger partial charge is 0.263 e. The van der Waals surface area contributed by atoms with Crippen LogP contribution in [-0.2, 0) is 0 Å². The summed E-state index contributed by atoms with van der Waals surface area (Å²) in [6.45, 7) is 2.40. The molecule has 6 nitrogen and oxygen atoms in total. The highest BCUT2D eigenvalue weighted by atomic mass is 32.2. The van der Waals surface area contributed by atoms with Crippen molar-refractivity contribution in [1.29, 1.82) is 0 Å². The maximum atomic E-state index is 12.2. The lowest BCUT2D eigenvalue weighted by molar-refractivity contribution is 0.0960. The van der Waals surface area contributed by atoms with E-state index in [1.54, 1.807) is 0 Å². The zero-order valence-corrected chi connectivity index (χ0v) is 14.9. The molecule has 0 aliphatic rings. The molecule has 124 valence electrons. The number of thiophene rings is 1. The Bertz CT molecular complexity index is 922. The van der Waals surface area contributed by atoms with Crippen molar-refractivity contribution in [1.82, 2.24) is 15.3 Å². The number of thioether (sulfide) groups is 1. The summed E-state index contributed by atoms with van der Waals surface area (Å²) in [5.74, 6) is -0.192. The van der Waals surface area contributed by atoms with E-state index in [9.17, 15) is 4.79 Å². The molecule has 0 saturated heterocycles. The van der Waals surface area contributed by atoms with Crippen LogP contribution in [0.4, 0.5) is 11.4 Å². The molecule has 0 unspecified atom stereocenters. The third-order valence-electron chi connectivity index (χ3n) is 3.45. The van der Waals surface area contributed by atoms with Gasteiger partial charge in [-0.3, -0.25) is 4.79 Å². The number of hydrogen-bond donors (Lipinski definition) is 3. The number of nitrogens with one attached hydrogen (secondary N) is 1. The zero-order chi connectivity index (χ0) is 17.3. The maximum absolute atomic E-state index is 12.2. The number of carbonyl (C=O) groups is 1. The first kappa shape index (κ1) is 16.5. The zero-order valence-electron chi connectivity index (χ0n) is 13.3. The third kappa shape index (κ3) is 2.90. The van der Waals surface area contributed by atoms with Crippen molar-refractivity contribution in [2.24, 2.45) is 0 Å². The summed E-state index contributed by atoms with van der Waals surface area (Å²) in [6, 6.07) is 7.44. The SMILES string of the molecule is CCNC(=O)c1sc2nc(SC)nc(-c3cccc(N)c3)c2c1N. The van der Waals surface area contributed by atoms with Crippen LogP contribution in [0, 0.1) is 0 Å². The number of nitrogen functional groups attached to an aromatic ring is 2. The van der Waals surface area contributed by atoms with Gasteiger partial charge in [0.05, 0.1) is 16.8 Å². The first-order chi connectivity index (χ1) is 11.5. The minimum atomic E-state index is -0.192. The van der Waals surface area contributed by atoms with Crippen LogP contribution in [0.1, 0.15) is 16.6 Å². The van der Waals surface area contributed by atoms with Crippen LogP contribution in [-0.4, -0.2) is 28.7 Å². The van der Waals surface area contributed by atoms with Gasteiger partial charge in [0.1, 0.15) is 9.71 Å². The van der Waals surface area contributed by atoms with Crippen LogP contribution in [0.2, 0.25) is 0 Å². The quantitative estimate of drug-likeness (QED) is 0.375. The number of nitrogens with zero attached hydrogens (tertiary/aromatic N) is 2. The van der Waals surface area contributed by atoms with E-state index in [1.165, 1.54) is 23.1 Å². The topological polar surface area (TPSA) is 107 Å². The Kier molecular flexibility index (Phi) is 4.59. The molecule has 0 spiro atoms. The highest BCUT2D eigenvalue weighted by Gasteiger charge is 2.21. The molecule has 1 aromatic carbocycles. The number of nitrogens with two attached hydrogens (primary N) is 2. The highest BCUT2D eigenvalue weighted by molar-refractivity contribution is 7.98. The Balaban J connectivity index is 2.29. The van der Waals surface area contributed by atoms with Gasteiger partial charge >= 0.3 is 0 Å². The van der Waals surface area contributed by atoms with Gasteiger partial charge in [0.25, 0.3) is 5.91 Å². The van der Waals surface area contributed by atoms with E-state index in [2.05, 4.69) is 15.3 Å². The van der Waals surface area contributed by atoms with Gasteiger partial charge < -0.3 is 16.8 Å². The Labute approximate surface area is 147 Å². The lowest BCUT2D eigenvalue weighted by Gasteiger charge is -2.07. The predicted octanol–water partition coefficient (Wildman–Crippen LogP) is 2.99. The Morgan fingerprint density at radius 2 is 2.12 bits per heavy atom. The van der Waals surface area contributed by atoms with Crippen LogP contribution in [0.3, 0.4) is 0 Å². The van der Waals surface area contributed by atoms with E-state index in [1.807, 2.05) is 37.4 Å². The second-order valence-corrected chi connectivity index (χ2v) is 6.84. The molecule has 0 radical (unpaired) electrons. The molecule has 24 heavy (non-hydrogen) atoms. The van der Waals surface area contributed by atoms with Gasteiger partial charge in [-0.1, -0.05) is 23.9 Å². The number of rotatable bonds is 4. The standard InChI is InChI=1S/C16H17N5OS2/c1-3-19-14(22)13-11(18)10-12(8-5-4-6-9(17)7-8)20-16(23-2)21-15(10)24-13/h4-7H,3,17-18H2,1-2H3,(H,19,22). The van der Waals surface area contributed by atoms with Crippen LogP contribution in [0.25, 0.3) is 21.5 Å². The molecule has 3 rings (SSSR count). The molecule has 0 aliphatic heterocycles. The van der Waals surface area contributed by atoms with Crippen molar-refractivity contribution in [3.63, 3.8) is 0 Å². The summed E-state index contributed by atoms with van der Waals surface area (Å²) in [4.78, 5) is 22.5. The second-order valence-electron chi connectivity index (χ2n) is 5.07. The molecule has 2 heterocycles. The Hall–Kier alpha value is -2.32. The molecule has 8 heteroatoms. The van der Waals surface area contributed by atoms with E-state index in [4.69, 9.17) is 11.5 Å². The highest BCUT2D eigenvalue weighted by Crippen LogP contribution is 2.39. The van der Waals surface area contributed by atoms with E-state index in [-0.39, 0.29) is 5.91 Å². The lowest BCUT2D eigenvalue weighted by Crippen LogP contribution is -2.22. The van der Waals surface area contributed by atoms with Crippen molar-refractivity contribution in [2.45, 2.75) is 12.1 Å². The van der Waals surface area contributed by atoms with Crippen LogP contribution >= 0.6 is 23.1 Å². The molecule has 5 N–H and O–H groups in total. The molecule has 0 aliphatic carbocycles. The average molecular weight is 359 g/mol. The van der Waals surface area contributed by atoms with E-state index in [0.717, 1.165) is 5.56 Å². The molecular formula is C16H17N5OS2. The number of benzene rings is 1. The summed E-state index contributed by atoms with van der Waals surface area (Å²) >= 11 is 2.72. The van der Waals surface area contributed by atoms with Crippen molar-refractivity contribution in [2.75, 3.05) is 24.3 Å². The average Bonchev–Trinajstić information content (AvgIpc) is 2.91. The number of fused-ring (bicyclic) bond motifs is 1. The van der Waals surface area contributed by atoms with Gasteiger partial charge in [-0.25, -0.2) is 9.97 Å². The van der Waals surface area contributed by atoms with E-state index >= 15 is 0 Å². The molecule has 0 saturated carbocycles. The summed E-state index contributed by atoms with van der Waals surface area (Å²) in [7, 11) is 0. The molecule has 0 fully saturated rings. The fourth-order valence-electron chi connectivity index (χ4n) is 2.40. The van der Waals surface area contributed by atoms with E-state index in [0.29, 0.717) is 43.9 Å². The molecule has 3 aromatic rings. The second kappa shape index (κ2) is 6.66. The van der Waals surface area contributed by atoms with Gasteiger partial charge in [-0.15, -0.1) is 11.3 Å². The molecule has 0 bridgehead atoms.